The van der Waals surface area contributed by atoms with Gasteiger partial charge in [-0.1, -0.05) is 25.9 Å². The lowest BCUT2D eigenvalue weighted by molar-refractivity contribution is 0.0689. The molecule has 0 bridgehead atoms. The number of carboxylic acids is 1. The molecule has 7 heteroatoms. The number of carboxylic acid groups (broad SMARTS) is 1. The van der Waals surface area contributed by atoms with Crippen molar-refractivity contribution in [3.63, 3.8) is 0 Å². The number of anilines is 1. The lowest BCUT2D eigenvalue weighted by atomic mass is 9.92. The molecule has 2 N–H and O–H groups in total. The zero-order valence-electron chi connectivity index (χ0n) is 11.5. The molecule has 0 unspecified atom stereocenters. The maximum Gasteiger partial charge on any atom is 0.356 e. The van der Waals surface area contributed by atoms with E-state index in [0.717, 1.165) is 5.69 Å². The molecule has 7 nitrogen and oxygen atoms in total. The second kappa shape index (κ2) is 5.28. The van der Waals surface area contributed by atoms with E-state index in [9.17, 15) is 4.79 Å². The fourth-order valence-corrected chi connectivity index (χ4v) is 1.47. The molecule has 2 rings (SSSR count). The third kappa shape index (κ3) is 3.31. The van der Waals surface area contributed by atoms with E-state index >= 15 is 0 Å². The topological polar surface area (TPSA) is 101 Å². The molecular weight excluding hydrogens is 260 g/mol. The van der Waals surface area contributed by atoms with Crippen LogP contribution >= 0.6 is 0 Å². The van der Waals surface area contributed by atoms with Crippen molar-refractivity contribution < 1.29 is 14.4 Å². The van der Waals surface area contributed by atoms with Gasteiger partial charge in [0.25, 0.3) is 0 Å². The Morgan fingerprint density at radius 3 is 2.60 bits per heavy atom. The summed E-state index contributed by atoms with van der Waals surface area (Å²) in [6.45, 7) is 6.57. The normalized spacial score (nSPS) is 11.3. The van der Waals surface area contributed by atoms with Gasteiger partial charge in [0.1, 0.15) is 5.82 Å². The molecule has 2 aromatic heterocycles. The molecule has 106 valence electrons. The smallest absolute Gasteiger partial charge is 0.356 e. The Morgan fingerprint density at radius 1 is 1.35 bits per heavy atom. The number of carbonyl (C=O) groups is 1. The number of hydrogen-bond acceptors (Lipinski definition) is 6. The molecule has 20 heavy (non-hydrogen) atoms. The molecule has 0 aromatic carbocycles. The highest BCUT2D eigenvalue weighted by Crippen LogP contribution is 2.21. The third-order valence-corrected chi connectivity index (χ3v) is 2.65. The van der Waals surface area contributed by atoms with Crippen LogP contribution in [0.4, 0.5) is 5.82 Å². The fraction of sp³-hybridized carbons (Fsp3) is 0.385. The summed E-state index contributed by atoms with van der Waals surface area (Å²) in [7, 11) is 0. The fourth-order valence-electron chi connectivity index (χ4n) is 1.47. The van der Waals surface area contributed by atoms with Crippen LogP contribution in [0.5, 0.6) is 0 Å². The highest BCUT2D eigenvalue weighted by atomic mass is 16.5. The monoisotopic (exact) mass is 276 g/mol. The van der Waals surface area contributed by atoms with E-state index in [1.54, 1.807) is 6.07 Å². The summed E-state index contributed by atoms with van der Waals surface area (Å²) < 4.78 is 5.22. The minimum absolute atomic E-state index is 0.0648. The zero-order valence-corrected chi connectivity index (χ0v) is 11.5. The van der Waals surface area contributed by atoms with Gasteiger partial charge in [-0.05, 0) is 12.1 Å². The Morgan fingerprint density at radius 2 is 2.10 bits per heavy atom. The van der Waals surface area contributed by atoms with Crippen LogP contribution in [0.3, 0.4) is 0 Å². The van der Waals surface area contributed by atoms with Crippen LogP contribution in [-0.4, -0.2) is 26.4 Å². The van der Waals surface area contributed by atoms with Crippen LogP contribution in [0.25, 0.3) is 0 Å². The SMILES string of the molecule is CC(C)(C)c1cc(CNc2ccc(C(=O)O)nn2)on1. The Labute approximate surface area is 116 Å². The highest BCUT2D eigenvalue weighted by molar-refractivity contribution is 5.85. The molecule has 0 saturated carbocycles. The van der Waals surface area contributed by atoms with Gasteiger partial charge in [0, 0.05) is 11.5 Å². The first-order valence-electron chi connectivity index (χ1n) is 6.13. The van der Waals surface area contributed by atoms with E-state index in [1.165, 1.54) is 6.07 Å². The molecule has 0 aliphatic rings. The Kier molecular flexibility index (Phi) is 3.69. The third-order valence-electron chi connectivity index (χ3n) is 2.65. The molecule has 0 fully saturated rings. The van der Waals surface area contributed by atoms with Gasteiger partial charge in [-0.3, -0.25) is 0 Å². The van der Waals surface area contributed by atoms with Gasteiger partial charge in [-0.15, -0.1) is 10.2 Å². The van der Waals surface area contributed by atoms with Crippen molar-refractivity contribution in [2.24, 2.45) is 0 Å². The maximum absolute atomic E-state index is 10.6. The molecule has 0 saturated heterocycles. The van der Waals surface area contributed by atoms with Crippen LogP contribution in [0.1, 0.15) is 42.7 Å². The summed E-state index contributed by atoms with van der Waals surface area (Å²) in [6.07, 6.45) is 0. The number of aromatic nitrogens is 3. The van der Waals surface area contributed by atoms with Crippen molar-refractivity contribution in [3.05, 3.63) is 35.3 Å². The van der Waals surface area contributed by atoms with Crippen LogP contribution in [0.2, 0.25) is 0 Å². The molecular formula is C13H16N4O3. The molecule has 0 aliphatic heterocycles. The molecule has 0 atom stereocenters. The van der Waals surface area contributed by atoms with Gasteiger partial charge in [-0.25, -0.2) is 4.79 Å². The number of hydrogen-bond donors (Lipinski definition) is 2. The minimum atomic E-state index is -1.10. The Hall–Kier alpha value is -2.44. The average molecular weight is 276 g/mol. The summed E-state index contributed by atoms with van der Waals surface area (Å²) in [6, 6.07) is 4.82. The van der Waals surface area contributed by atoms with E-state index in [2.05, 4.69) is 41.4 Å². The maximum atomic E-state index is 10.6. The summed E-state index contributed by atoms with van der Waals surface area (Å²) in [5.41, 5.74) is 0.719. The summed E-state index contributed by atoms with van der Waals surface area (Å²) in [5, 5.41) is 23.1. The van der Waals surface area contributed by atoms with Crippen LogP contribution < -0.4 is 5.32 Å². The van der Waals surface area contributed by atoms with Crippen LogP contribution in [0, 0.1) is 0 Å². The molecule has 0 aliphatic carbocycles. The van der Waals surface area contributed by atoms with Crippen molar-refractivity contribution in [3.8, 4) is 0 Å². The number of nitrogens with zero attached hydrogens (tertiary/aromatic N) is 3. The quantitative estimate of drug-likeness (QED) is 0.881. The van der Waals surface area contributed by atoms with Crippen molar-refractivity contribution in [2.75, 3.05) is 5.32 Å². The molecule has 0 radical (unpaired) electrons. The predicted molar refractivity (Wildman–Crippen MR) is 71.5 cm³/mol. The molecule has 0 amide bonds. The van der Waals surface area contributed by atoms with Gasteiger partial charge in [0.15, 0.2) is 11.5 Å². The van der Waals surface area contributed by atoms with Gasteiger partial charge in [-0.2, -0.15) is 0 Å². The summed E-state index contributed by atoms with van der Waals surface area (Å²) in [5.74, 6) is 0.0526. The van der Waals surface area contributed by atoms with Crippen molar-refractivity contribution in [1.29, 1.82) is 0 Å². The Balaban J connectivity index is 1.98. The first-order chi connectivity index (χ1) is 9.36. The standard InChI is InChI=1S/C13H16N4O3/c1-13(2,3)10-6-8(20-17-10)7-14-11-5-4-9(12(18)19)15-16-11/h4-6H,7H2,1-3H3,(H,14,16)(H,18,19). The number of rotatable bonds is 4. The number of aromatic carboxylic acids is 1. The average Bonchev–Trinajstić information content (AvgIpc) is 2.85. The van der Waals surface area contributed by atoms with Crippen LogP contribution in [-0.2, 0) is 12.0 Å². The lowest BCUT2D eigenvalue weighted by Crippen LogP contribution is -2.11. The minimum Gasteiger partial charge on any atom is -0.476 e. The molecule has 2 heterocycles. The predicted octanol–water partition coefficient (Wildman–Crippen LogP) is 2.07. The summed E-state index contributed by atoms with van der Waals surface area (Å²) >= 11 is 0. The van der Waals surface area contributed by atoms with E-state index in [4.69, 9.17) is 9.63 Å². The van der Waals surface area contributed by atoms with Gasteiger partial charge >= 0.3 is 5.97 Å². The van der Waals surface area contributed by atoms with E-state index in [1.807, 2.05) is 6.07 Å². The first-order valence-corrected chi connectivity index (χ1v) is 6.13. The first kappa shape index (κ1) is 14.0. The highest BCUT2D eigenvalue weighted by Gasteiger charge is 2.18. The molecule has 2 aromatic rings. The van der Waals surface area contributed by atoms with E-state index < -0.39 is 5.97 Å². The van der Waals surface area contributed by atoms with Crippen LogP contribution in [0.15, 0.2) is 22.7 Å². The van der Waals surface area contributed by atoms with Gasteiger partial charge < -0.3 is 14.9 Å². The Bertz CT molecular complexity index is 599. The van der Waals surface area contributed by atoms with Crippen molar-refractivity contribution in [1.82, 2.24) is 15.4 Å². The summed E-state index contributed by atoms with van der Waals surface area (Å²) in [4.78, 5) is 10.6. The second-order valence-electron chi connectivity index (χ2n) is 5.39. The van der Waals surface area contributed by atoms with E-state index in [0.29, 0.717) is 18.1 Å². The number of nitrogens with one attached hydrogen (secondary N) is 1. The van der Waals surface area contributed by atoms with Crippen molar-refractivity contribution >= 4 is 11.8 Å². The van der Waals surface area contributed by atoms with Gasteiger partial charge in [0.2, 0.25) is 0 Å². The largest absolute Gasteiger partial charge is 0.476 e. The van der Waals surface area contributed by atoms with Crippen molar-refractivity contribution in [2.45, 2.75) is 32.7 Å². The molecule has 0 spiro atoms. The lowest BCUT2D eigenvalue weighted by Gasteiger charge is -2.12. The zero-order chi connectivity index (χ0) is 14.8. The van der Waals surface area contributed by atoms with E-state index in [-0.39, 0.29) is 11.1 Å². The second-order valence-corrected chi connectivity index (χ2v) is 5.39. The van der Waals surface area contributed by atoms with Gasteiger partial charge in [0.05, 0.1) is 12.2 Å².